The molecule has 32 heavy (non-hydrogen) atoms. The molecule has 8 heteroatoms. The number of fused-ring (bicyclic) bond motifs is 7. The summed E-state index contributed by atoms with van der Waals surface area (Å²) in [5.41, 5.74) is 1.46. The molecule has 1 aliphatic carbocycles. The van der Waals surface area contributed by atoms with Crippen LogP contribution in [-0.4, -0.2) is 40.1 Å². The van der Waals surface area contributed by atoms with Crippen molar-refractivity contribution in [3.8, 4) is 0 Å². The van der Waals surface area contributed by atoms with Gasteiger partial charge in [0, 0.05) is 23.9 Å². The molecule has 2 atom stereocenters. The molecule has 1 amide bonds. The molecule has 0 spiro atoms. The van der Waals surface area contributed by atoms with Gasteiger partial charge in [0.1, 0.15) is 17.7 Å². The number of carbonyl (C=O) groups is 1. The van der Waals surface area contributed by atoms with Crippen molar-refractivity contribution in [2.45, 2.75) is 78.0 Å². The van der Waals surface area contributed by atoms with E-state index in [0.717, 1.165) is 42.3 Å². The second-order valence-electron chi connectivity index (χ2n) is 10.7. The molecule has 0 saturated heterocycles. The van der Waals surface area contributed by atoms with Crippen molar-refractivity contribution < 1.29 is 14.3 Å². The van der Waals surface area contributed by atoms with Gasteiger partial charge in [0.2, 0.25) is 0 Å². The molecule has 0 aromatic carbocycles. The van der Waals surface area contributed by atoms with Gasteiger partial charge >= 0.3 is 6.09 Å². The maximum atomic E-state index is 12.4. The number of amides is 1. The quantitative estimate of drug-likeness (QED) is 0.616. The van der Waals surface area contributed by atoms with E-state index in [4.69, 9.17) is 19.6 Å². The van der Waals surface area contributed by atoms with Crippen LogP contribution in [0.2, 0.25) is 0 Å². The van der Waals surface area contributed by atoms with Crippen LogP contribution < -0.4 is 10.6 Å². The highest BCUT2D eigenvalue weighted by atomic mass is 16.6. The minimum atomic E-state index is -0.359. The minimum Gasteiger partial charge on any atom is -0.446 e. The predicted molar refractivity (Wildman–Crippen MR) is 123 cm³/mol. The Balaban J connectivity index is 1.65. The van der Waals surface area contributed by atoms with E-state index < -0.39 is 0 Å². The van der Waals surface area contributed by atoms with Crippen molar-refractivity contribution in [2.24, 2.45) is 5.41 Å². The fraction of sp³-hybridized carbons (Fsp3) is 0.625. The van der Waals surface area contributed by atoms with E-state index in [1.54, 1.807) is 0 Å². The molecule has 2 aromatic rings. The van der Waals surface area contributed by atoms with Crippen LogP contribution in [0.4, 0.5) is 16.4 Å². The maximum absolute atomic E-state index is 12.4. The van der Waals surface area contributed by atoms with Crippen molar-refractivity contribution >= 4 is 17.7 Å². The SMILES string of the molecule is CC1(C)CNC(=O)O[C@@H]2CC[C@@H](C2)c2cc(n(C(C)(C)C)n2)Nc2cccc(n2)COC1. The third-order valence-corrected chi connectivity index (χ3v) is 5.96. The van der Waals surface area contributed by atoms with E-state index in [0.29, 0.717) is 19.8 Å². The van der Waals surface area contributed by atoms with Crippen LogP contribution in [-0.2, 0) is 21.6 Å². The monoisotopic (exact) mass is 441 g/mol. The summed E-state index contributed by atoms with van der Waals surface area (Å²) in [4.78, 5) is 17.1. The highest BCUT2D eigenvalue weighted by Gasteiger charge is 2.32. The number of nitrogens with one attached hydrogen (secondary N) is 2. The summed E-state index contributed by atoms with van der Waals surface area (Å²) in [5, 5.41) is 11.3. The highest BCUT2D eigenvalue weighted by Crippen LogP contribution is 2.37. The van der Waals surface area contributed by atoms with Gasteiger partial charge in [-0.25, -0.2) is 14.5 Å². The van der Waals surface area contributed by atoms with Crippen LogP contribution in [0.25, 0.3) is 0 Å². The lowest BCUT2D eigenvalue weighted by Gasteiger charge is -2.25. The molecule has 4 rings (SSSR count). The van der Waals surface area contributed by atoms with Crippen LogP contribution in [0.1, 0.15) is 71.2 Å². The molecule has 3 heterocycles. The highest BCUT2D eigenvalue weighted by molar-refractivity contribution is 5.67. The van der Waals surface area contributed by atoms with Gasteiger partial charge in [-0.2, -0.15) is 5.10 Å². The van der Waals surface area contributed by atoms with E-state index >= 15 is 0 Å². The van der Waals surface area contributed by atoms with Gasteiger partial charge in [-0.05, 0) is 52.2 Å². The number of aromatic nitrogens is 3. The Morgan fingerprint density at radius 1 is 1.22 bits per heavy atom. The Bertz CT molecular complexity index is 963. The van der Waals surface area contributed by atoms with Gasteiger partial charge in [0.05, 0.1) is 30.1 Å². The van der Waals surface area contributed by atoms with E-state index in [2.05, 4.69) is 51.3 Å². The lowest BCUT2D eigenvalue weighted by atomic mass is 9.95. The Hall–Kier alpha value is -2.61. The molecule has 0 radical (unpaired) electrons. The molecule has 174 valence electrons. The summed E-state index contributed by atoms with van der Waals surface area (Å²) < 4.78 is 13.7. The minimum absolute atomic E-state index is 0.0900. The fourth-order valence-electron chi connectivity index (χ4n) is 4.26. The molecule has 6 bridgehead atoms. The lowest BCUT2D eigenvalue weighted by Crippen LogP contribution is -2.38. The molecular weight excluding hydrogens is 406 g/mol. The zero-order valence-corrected chi connectivity index (χ0v) is 19.8. The first-order valence-electron chi connectivity index (χ1n) is 11.4. The number of hydrogen-bond acceptors (Lipinski definition) is 6. The molecule has 8 nitrogen and oxygen atoms in total. The molecule has 2 aliphatic rings. The summed E-state index contributed by atoms with van der Waals surface area (Å²) in [6.07, 6.45) is 2.13. The van der Waals surface area contributed by atoms with E-state index in [9.17, 15) is 4.79 Å². The van der Waals surface area contributed by atoms with Crippen molar-refractivity contribution in [3.05, 3.63) is 35.7 Å². The molecule has 1 fully saturated rings. The van der Waals surface area contributed by atoms with E-state index in [1.165, 1.54) is 0 Å². The van der Waals surface area contributed by atoms with Gasteiger partial charge in [-0.3, -0.25) is 0 Å². The van der Waals surface area contributed by atoms with Crippen molar-refractivity contribution in [1.29, 1.82) is 0 Å². The summed E-state index contributed by atoms with van der Waals surface area (Å²) in [5.74, 6) is 1.94. The van der Waals surface area contributed by atoms with Crippen LogP contribution in [0.5, 0.6) is 0 Å². The summed E-state index contributed by atoms with van der Waals surface area (Å²) in [6.45, 7) is 11.9. The average Bonchev–Trinajstić information content (AvgIpc) is 3.33. The number of alkyl carbamates (subject to hydrolysis) is 1. The molecule has 1 aliphatic heterocycles. The average molecular weight is 442 g/mol. The van der Waals surface area contributed by atoms with Crippen LogP contribution in [0, 0.1) is 5.41 Å². The van der Waals surface area contributed by atoms with E-state index in [1.807, 2.05) is 22.9 Å². The Morgan fingerprint density at radius 3 is 2.81 bits per heavy atom. The number of anilines is 2. The second kappa shape index (κ2) is 8.73. The van der Waals surface area contributed by atoms with Crippen LogP contribution in [0.15, 0.2) is 24.3 Å². The number of pyridine rings is 1. The van der Waals surface area contributed by atoms with Crippen LogP contribution >= 0.6 is 0 Å². The molecular formula is C24H35N5O3. The van der Waals surface area contributed by atoms with Crippen molar-refractivity contribution in [1.82, 2.24) is 20.1 Å². The first kappa shape index (κ1) is 22.6. The molecule has 2 aromatic heterocycles. The number of hydrogen-bond donors (Lipinski definition) is 2. The zero-order valence-electron chi connectivity index (χ0n) is 19.8. The number of carbonyl (C=O) groups excluding carboxylic acids is 1. The normalized spacial score (nSPS) is 24.0. The first-order valence-corrected chi connectivity index (χ1v) is 11.4. The first-order chi connectivity index (χ1) is 15.1. The molecule has 0 unspecified atom stereocenters. The number of rotatable bonds is 0. The van der Waals surface area contributed by atoms with Gasteiger partial charge in [0.25, 0.3) is 0 Å². The largest absolute Gasteiger partial charge is 0.446 e. The Morgan fingerprint density at radius 2 is 2.03 bits per heavy atom. The summed E-state index contributed by atoms with van der Waals surface area (Å²) in [6, 6.07) is 8.00. The zero-order chi connectivity index (χ0) is 22.9. The standard InChI is InChI=1S/C24H35N5O3/c1-23(2,3)29-21-12-19(28-29)16-9-10-18(11-16)32-22(30)25-14-24(4,5)15-31-13-17-7-6-8-20(26-17)27-21/h6-8,12,16,18H,9-11,13-15H2,1-5H3,(H,25,30)(H,26,27)/t16-,18+/m0/s1. The van der Waals surface area contributed by atoms with Gasteiger partial charge in [-0.15, -0.1) is 0 Å². The topological polar surface area (TPSA) is 90.3 Å². The fourth-order valence-corrected chi connectivity index (χ4v) is 4.26. The van der Waals surface area contributed by atoms with Gasteiger partial charge < -0.3 is 20.1 Å². The third-order valence-electron chi connectivity index (χ3n) is 5.96. The Kier molecular flexibility index (Phi) is 6.16. The van der Waals surface area contributed by atoms with Gasteiger partial charge in [-0.1, -0.05) is 19.9 Å². The summed E-state index contributed by atoms with van der Waals surface area (Å²) >= 11 is 0. The predicted octanol–water partition coefficient (Wildman–Crippen LogP) is 4.70. The lowest BCUT2D eigenvalue weighted by molar-refractivity contribution is 0.0462. The second-order valence-corrected chi connectivity index (χ2v) is 10.7. The van der Waals surface area contributed by atoms with Crippen molar-refractivity contribution in [2.75, 3.05) is 18.5 Å². The smallest absolute Gasteiger partial charge is 0.407 e. The number of ether oxygens (including phenoxy) is 2. The molecule has 1 saturated carbocycles. The van der Waals surface area contributed by atoms with E-state index in [-0.39, 0.29) is 29.1 Å². The maximum Gasteiger partial charge on any atom is 0.407 e. The van der Waals surface area contributed by atoms with Crippen LogP contribution in [0.3, 0.4) is 0 Å². The Labute approximate surface area is 190 Å². The third kappa shape index (κ3) is 5.41. The van der Waals surface area contributed by atoms with Gasteiger partial charge in [0.15, 0.2) is 0 Å². The molecule has 2 N–H and O–H groups in total. The summed E-state index contributed by atoms with van der Waals surface area (Å²) in [7, 11) is 0. The number of nitrogens with zero attached hydrogens (tertiary/aromatic N) is 3. The van der Waals surface area contributed by atoms with Crippen molar-refractivity contribution in [3.63, 3.8) is 0 Å².